The normalized spacial score (nSPS) is 36.6. The van der Waals surface area contributed by atoms with E-state index in [4.69, 9.17) is 0 Å². The Balaban J connectivity index is 2.63. The van der Waals surface area contributed by atoms with Crippen LogP contribution in [0.4, 0.5) is 0 Å². The summed E-state index contributed by atoms with van der Waals surface area (Å²) in [5.41, 5.74) is 0. The van der Waals surface area contributed by atoms with Crippen LogP contribution in [0.5, 0.6) is 0 Å². The molecule has 16 heavy (non-hydrogen) atoms. The molecular weight excluding hydrogens is 206 g/mol. The molecule has 0 aliphatic carbocycles. The van der Waals surface area contributed by atoms with Gasteiger partial charge < -0.3 is 15.3 Å². The Labute approximate surface area is 97.9 Å². The van der Waals surface area contributed by atoms with E-state index in [-0.39, 0.29) is 6.04 Å². The topological polar surface area (TPSA) is 63.9 Å². The highest BCUT2D eigenvalue weighted by Gasteiger charge is 2.40. The van der Waals surface area contributed by atoms with Crippen LogP contribution >= 0.6 is 0 Å². The van der Waals surface area contributed by atoms with E-state index in [0.717, 1.165) is 32.2 Å². The van der Waals surface area contributed by atoms with Gasteiger partial charge in [-0.05, 0) is 19.4 Å². The molecule has 0 amide bonds. The minimum absolute atomic E-state index is 0.00468. The fourth-order valence-electron chi connectivity index (χ4n) is 2.42. The van der Waals surface area contributed by atoms with E-state index in [2.05, 4.69) is 18.7 Å². The van der Waals surface area contributed by atoms with Crippen molar-refractivity contribution in [2.45, 2.75) is 63.9 Å². The first kappa shape index (κ1) is 13.9. The zero-order chi connectivity index (χ0) is 12.1. The summed E-state index contributed by atoms with van der Waals surface area (Å²) in [4.78, 5) is 2.12. The Morgan fingerprint density at radius 2 is 1.75 bits per heavy atom. The minimum atomic E-state index is -0.991. The van der Waals surface area contributed by atoms with Crippen molar-refractivity contribution in [2.75, 3.05) is 13.1 Å². The predicted octanol–water partition coefficient (Wildman–Crippen LogP) is 0.353. The van der Waals surface area contributed by atoms with Crippen molar-refractivity contribution in [3.05, 3.63) is 0 Å². The van der Waals surface area contributed by atoms with Crippen molar-refractivity contribution in [3.63, 3.8) is 0 Å². The molecule has 4 nitrogen and oxygen atoms in total. The van der Waals surface area contributed by atoms with Crippen LogP contribution in [0.25, 0.3) is 0 Å². The van der Waals surface area contributed by atoms with Crippen LogP contribution < -0.4 is 0 Å². The van der Waals surface area contributed by atoms with Crippen LogP contribution in [0, 0.1) is 0 Å². The molecule has 1 rings (SSSR count). The Kier molecular flexibility index (Phi) is 5.69. The van der Waals surface area contributed by atoms with Crippen LogP contribution in [0.2, 0.25) is 0 Å². The third-order valence-corrected chi connectivity index (χ3v) is 3.41. The number of rotatable bonds is 5. The average Bonchev–Trinajstić information content (AvgIpc) is 2.28. The summed E-state index contributed by atoms with van der Waals surface area (Å²) in [6.45, 7) is 5.56. The minimum Gasteiger partial charge on any atom is -0.389 e. The lowest BCUT2D eigenvalue weighted by Crippen LogP contribution is -2.61. The van der Waals surface area contributed by atoms with Gasteiger partial charge in [-0.1, -0.05) is 26.7 Å². The summed E-state index contributed by atoms with van der Waals surface area (Å²) in [7, 11) is 0. The molecular formula is C12H25NO3. The molecule has 1 aliphatic rings. The monoisotopic (exact) mass is 231 g/mol. The zero-order valence-corrected chi connectivity index (χ0v) is 10.3. The van der Waals surface area contributed by atoms with Gasteiger partial charge in [0.1, 0.15) is 6.10 Å². The lowest BCUT2D eigenvalue weighted by molar-refractivity contribution is -0.138. The van der Waals surface area contributed by atoms with Crippen molar-refractivity contribution in [1.29, 1.82) is 0 Å². The Bertz CT molecular complexity index is 201. The van der Waals surface area contributed by atoms with E-state index < -0.39 is 18.3 Å². The van der Waals surface area contributed by atoms with Crippen LogP contribution in [-0.2, 0) is 0 Å². The number of hydrogen-bond donors (Lipinski definition) is 3. The van der Waals surface area contributed by atoms with Gasteiger partial charge in [-0.3, -0.25) is 4.90 Å². The van der Waals surface area contributed by atoms with Crippen molar-refractivity contribution >= 4 is 0 Å². The fourth-order valence-corrected chi connectivity index (χ4v) is 2.42. The summed E-state index contributed by atoms with van der Waals surface area (Å²) in [5, 5.41) is 29.3. The van der Waals surface area contributed by atoms with Crippen molar-refractivity contribution in [1.82, 2.24) is 4.90 Å². The maximum Gasteiger partial charge on any atom is 0.108 e. The van der Waals surface area contributed by atoms with Gasteiger partial charge in [-0.15, -0.1) is 0 Å². The van der Waals surface area contributed by atoms with E-state index >= 15 is 0 Å². The second kappa shape index (κ2) is 6.55. The summed E-state index contributed by atoms with van der Waals surface area (Å²) >= 11 is 0. The summed E-state index contributed by atoms with van der Waals surface area (Å²) in [5.74, 6) is 0. The number of β-amino-alcohol motifs (C(OH)–C–C–N with tert-alkyl or cyclic N) is 1. The van der Waals surface area contributed by atoms with E-state index in [1.54, 1.807) is 0 Å². The van der Waals surface area contributed by atoms with E-state index in [1.165, 1.54) is 0 Å². The first-order valence-electron chi connectivity index (χ1n) is 6.40. The second-order valence-corrected chi connectivity index (χ2v) is 4.75. The molecule has 0 aromatic carbocycles. The zero-order valence-electron chi connectivity index (χ0n) is 10.3. The third kappa shape index (κ3) is 3.17. The van der Waals surface area contributed by atoms with Crippen molar-refractivity contribution < 1.29 is 15.3 Å². The second-order valence-electron chi connectivity index (χ2n) is 4.75. The van der Waals surface area contributed by atoms with Gasteiger partial charge in [-0.2, -0.15) is 0 Å². The van der Waals surface area contributed by atoms with Crippen molar-refractivity contribution in [3.8, 4) is 0 Å². The van der Waals surface area contributed by atoms with E-state index in [9.17, 15) is 15.3 Å². The highest BCUT2D eigenvalue weighted by molar-refractivity contribution is 4.93. The summed E-state index contributed by atoms with van der Waals surface area (Å²) in [6, 6.07) is -0.00468. The Hall–Kier alpha value is -0.160. The number of unbranched alkanes of at least 4 members (excludes halogenated alkanes) is 1. The van der Waals surface area contributed by atoms with Gasteiger partial charge in [0.25, 0.3) is 0 Å². The van der Waals surface area contributed by atoms with Crippen molar-refractivity contribution in [2.24, 2.45) is 0 Å². The molecule has 0 radical (unpaired) electrons. The summed E-state index contributed by atoms with van der Waals surface area (Å²) in [6.07, 6.45) is 1.39. The first-order chi connectivity index (χ1) is 7.61. The van der Waals surface area contributed by atoms with Crippen LogP contribution in [0.3, 0.4) is 0 Å². The molecule has 0 saturated carbocycles. The highest BCUT2D eigenvalue weighted by Crippen LogP contribution is 2.22. The molecule has 1 heterocycles. The van der Waals surface area contributed by atoms with Gasteiger partial charge in [0, 0.05) is 12.6 Å². The Morgan fingerprint density at radius 3 is 2.31 bits per heavy atom. The molecule has 0 aromatic rings. The van der Waals surface area contributed by atoms with Gasteiger partial charge in [-0.25, -0.2) is 0 Å². The maximum atomic E-state index is 9.96. The number of hydrogen-bond acceptors (Lipinski definition) is 4. The maximum absolute atomic E-state index is 9.96. The largest absolute Gasteiger partial charge is 0.389 e. The number of piperidine rings is 1. The molecule has 1 saturated heterocycles. The number of aliphatic hydroxyl groups is 3. The summed E-state index contributed by atoms with van der Waals surface area (Å²) < 4.78 is 0. The molecule has 0 unspecified atom stereocenters. The molecule has 4 atom stereocenters. The van der Waals surface area contributed by atoms with Gasteiger partial charge in [0.15, 0.2) is 0 Å². The molecule has 1 fully saturated rings. The predicted molar refractivity (Wildman–Crippen MR) is 63.2 cm³/mol. The fraction of sp³-hybridized carbons (Fsp3) is 1.00. The number of likely N-dealkylation sites (tertiary alicyclic amines) is 1. The van der Waals surface area contributed by atoms with Crippen LogP contribution in [-0.4, -0.2) is 57.7 Å². The van der Waals surface area contributed by atoms with Crippen LogP contribution in [0.1, 0.15) is 39.5 Å². The smallest absolute Gasteiger partial charge is 0.108 e. The third-order valence-electron chi connectivity index (χ3n) is 3.41. The van der Waals surface area contributed by atoms with E-state index in [0.29, 0.717) is 6.54 Å². The molecule has 0 bridgehead atoms. The molecule has 3 N–H and O–H groups in total. The lowest BCUT2D eigenvalue weighted by Gasteiger charge is -2.44. The quantitative estimate of drug-likeness (QED) is 0.639. The van der Waals surface area contributed by atoms with Crippen LogP contribution in [0.15, 0.2) is 0 Å². The van der Waals surface area contributed by atoms with Gasteiger partial charge in [0.2, 0.25) is 0 Å². The standard InChI is InChI=1S/C12H25NO3/c1-3-5-7-13-8-10(14)12(16)11(15)9(13)6-4-2/h9-12,14-16H,3-8H2,1-2H3/t9-,10-,11+,12+/m1/s1. The van der Waals surface area contributed by atoms with E-state index in [1.807, 2.05) is 0 Å². The average molecular weight is 231 g/mol. The first-order valence-corrected chi connectivity index (χ1v) is 6.40. The van der Waals surface area contributed by atoms with Gasteiger partial charge >= 0.3 is 0 Å². The number of nitrogens with zero attached hydrogens (tertiary/aromatic N) is 1. The molecule has 0 spiro atoms. The molecule has 1 aliphatic heterocycles. The number of aliphatic hydroxyl groups excluding tert-OH is 3. The SMILES string of the molecule is CCCCN1C[C@@H](O)[C@H](O)[C@@H](O)[C@H]1CCC. The van der Waals surface area contributed by atoms with Gasteiger partial charge in [0.05, 0.1) is 12.2 Å². The molecule has 4 heteroatoms. The highest BCUT2D eigenvalue weighted by atomic mass is 16.4. The Morgan fingerprint density at radius 1 is 1.06 bits per heavy atom. The molecule has 96 valence electrons. The lowest BCUT2D eigenvalue weighted by atomic mass is 9.91. The molecule has 0 aromatic heterocycles.